The summed E-state index contributed by atoms with van der Waals surface area (Å²) in [5, 5.41) is 6.81. The van der Waals surface area contributed by atoms with Crippen LogP contribution in [0.4, 0.5) is 0 Å². The van der Waals surface area contributed by atoms with Gasteiger partial charge in [0.1, 0.15) is 0 Å². The fourth-order valence-electron chi connectivity index (χ4n) is 0.572. The van der Waals surface area contributed by atoms with Crippen molar-refractivity contribution < 1.29 is 0 Å². The Bertz CT molecular complexity index is 91.7. The van der Waals surface area contributed by atoms with Crippen LogP contribution in [0.15, 0.2) is 0 Å². The average Bonchev–Trinajstić information content (AvgIpc) is 1.87. The van der Waals surface area contributed by atoms with Crippen LogP contribution >= 0.6 is 12.2 Å². The predicted molar refractivity (Wildman–Crippen MR) is 33.2 cm³/mol. The molecule has 0 saturated carbocycles. The normalized spacial score (nSPS) is 29.3. The van der Waals surface area contributed by atoms with Gasteiger partial charge in [-0.2, -0.15) is 0 Å². The van der Waals surface area contributed by atoms with Crippen LogP contribution in [0.25, 0.3) is 0 Å². The lowest BCUT2D eigenvalue weighted by atomic mass is 10.4. The van der Waals surface area contributed by atoms with Crippen LogP contribution in [0.1, 0.15) is 6.92 Å². The molecule has 0 unspecified atom stereocenters. The Hall–Kier alpha value is -0.310. The quantitative estimate of drug-likeness (QED) is 0.430. The summed E-state index contributed by atoms with van der Waals surface area (Å²) in [6.07, 6.45) is 0. The topological polar surface area (TPSA) is 24.1 Å². The lowest BCUT2D eigenvalue weighted by Gasteiger charge is -1.94. The summed E-state index contributed by atoms with van der Waals surface area (Å²) in [5.74, 6) is 0. The van der Waals surface area contributed by atoms with Gasteiger partial charge in [0.2, 0.25) is 0 Å². The third-order valence-corrected chi connectivity index (χ3v) is 1.21. The molecule has 0 aromatic carbocycles. The predicted octanol–water partition coefficient (Wildman–Crippen LogP) is -0.147. The van der Waals surface area contributed by atoms with Gasteiger partial charge >= 0.3 is 0 Å². The van der Waals surface area contributed by atoms with Crippen LogP contribution in [-0.2, 0) is 0 Å². The Labute approximate surface area is 48.3 Å². The molecule has 1 fully saturated rings. The molecule has 1 aliphatic heterocycles. The molecule has 1 atom stereocenters. The van der Waals surface area contributed by atoms with Gasteiger partial charge in [0.05, 0.1) is 0 Å². The minimum Gasteiger partial charge on any atom is -0.361 e. The standard InChI is InChI=1S/C4H8N2S/c1-3-2-5-4(7)6-3/h3H,2H2,1H3,(H2,5,6,7)/t3-/m1/s1. The minimum atomic E-state index is 0.521. The van der Waals surface area contributed by atoms with Gasteiger partial charge in [0.15, 0.2) is 5.11 Å². The zero-order chi connectivity index (χ0) is 5.28. The van der Waals surface area contributed by atoms with E-state index in [0.717, 1.165) is 11.7 Å². The lowest BCUT2D eigenvalue weighted by Crippen LogP contribution is -2.23. The fraction of sp³-hybridized carbons (Fsp3) is 0.750. The van der Waals surface area contributed by atoms with Gasteiger partial charge in [-0.05, 0) is 19.1 Å². The summed E-state index contributed by atoms with van der Waals surface area (Å²) < 4.78 is 0. The molecule has 0 aliphatic carbocycles. The lowest BCUT2D eigenvalue weighted by molar-refractivity contribution is 0.723. The van der Waals surface area contributed by atoms with Crippen LogP contribution in [0, 0.1) is 0 Å². The fourth-order valence-corrected chi connectivity index (χ4v) is 0.856. The number of thiocarbonyl (C=S) groups is 1. The van der Waals surface area contributed by atoms with E-state index >= 15 is 0 Å². The molecule has 0 spiro atoms. The van der Waals surface area contributed by atoms with Crippen LogP contribution in [0.2, 0.25) is 0 Å². The van der Waals surface area contributed by atoms with Crippen molar-refractivity contribution >= 4 is 17.3 Å². The molecule has 0 bridgehead atoms. The first kappa shape index (κ1) is 4.84. The monoisotopic (exact) mass is 116 g/mol. The zero-order valence-corrected chi connectivity index (χ0v) is 5.01. The van der Waals surface area contributed by atoms with Gasteiger partial charge in [0, 0.05) is 12.6 Å². The number of nitrogens with one attached hydrogen (secondary N) is 2. The second kappa shape index (κ2) is 1.66. The summed E-state index contributed by atoms with van der Waals surface area (Å²) in [5.41, 5.74) is 0. The van der Waals surface area contributed by atoms with Crippen LogP contribution in [0.5, 0.6) is 0 Å². The Kier molecular flexibility index (Phi) is 1.15. The maximum Gasteiger partial charge on any atom is 0.166 e. The molecule has 40 valence electrons. The first-order valence-corrected chi connectivity index (χ1v) is 2.74. The molecular weight excluding hydrogens is 108 g/mol. The first-order chi connectivity index (χ1) is 3.29. The molecule has 7 heavy (non-hydrogen) atoms. The van der Waals surface area contributed by atoms with Gasteiger partial charge in [0.25, 0.3) is 0 Å². The van der Waals surface area contributed by atoms with Gasteiger partial charge in [-0.25, -0.2) is 0 Å². The Morgan fingerprint density at radius 3 is 2.71 bits per heavy atom. The van der Waals surface area contributed by atoms with E-state index in [2.05, 4.69) is 17.6 Å². The van der Waals surface area contributed by atoms with E-state index < -0.39 is 0 Å². The molecule has 0 aromatic rings. The van der Waals surface area contributed by atoms with Crippen LogP contribution in [-0.4, -0.2) is 17.7 Å². The van der Waals surface area contributed by atoms with E-state index in [1.165, 1.54) is 0 Å². The second-order valence-electron chi connectivity index (χ2n) is 1.76. The van der Waals surface area contributed by atoms with Crippen molar-refractivity contribution in [3.63, 3.8) is 0 Å². The Morgan fingerprint density at radius 1 is 1.86 bits per heavy atom. The number of hydrogen-bond acceptors (Lipinski definition) is 1. The van der Waals surface area contributed by atoms with E-state index in [9.17, 15) is 0 Å². The van der Waals surface area contributed by atoms with Crippen molar-refractivity contribution in [1.29, 1.82) is 0 Å². The Morgan fingerprint density at radius 2 is 2.57 bits per heavy atom. The highest BCUT2D eigenvalue weighted by atomic mass is 32.1. The average molecular weight is 116 g/mol. The van der Waals surface area contributed by atoms with E-state index in [-0.39, 0.29) is 0 Å². The summed E-state index contributed by atoms with van der Waals surface area (Å²) in [7, 11) is 0. The molecule has 2 N–H and O–H groups in total. The van der Waals surface area contributed by atoms with Crippen molar-refractivity contribution in [2.24, 2.45) is 0 Å². The van der Waals surface area contributed by atoms with Gasteiger partial charge in [-0.3, -0.25) is 0 Å². The maximum absolute atomic E-state index is 4.77. The molecule has 3 heteroatoms. The zero-order valence-electron chi connectivity index (χ0n) is 4.19. The van der Waals surface area contributed by atoms with Gasteiger partial charge in [-0.1, -0.05) is 0 Å². The van der Waals surface area contributed by atoms with E-state index in [4.69, 9.17) is 12.2 Å². The van der Waals surface area contributed by atoms with Crippen molar-refractivity contribution in [3.05, 3.63) is 0 Å². The summed E-state index contributed by atoms with van der Waals surface area (Å²) in [4.78, 5) is 0. The number of rotatable bonds is 0. The smallest absolute Gasteiger partial charge is 0.166 e. The summed E-state index contributed by atoms with van der Waals surface area (Å²) >= 11 is 4.77. The second-order valence-corrected chi connectivity index (χ2v) is 2.16. The van der Waals surface area contributed by atoms with E-state index in [0.29, 0.717) is 6.04 Å². The highest BCUT2D eigenvalue weighted by Gasteiger charge is 2.09. The van der Waals surface area contributed by atoms with Gasteiger partial charge in [-0.15, -0.1) is 0 Å². The summed E-state index contributed by atoms with van der Waals surface area (Å²) in [6.45, 7) is 3.06. The molecular formula is C4H8N2S. The maximum atomic E-state index is 4.77. The molecule has 1 rings (SSSR count). The molecule has 0 radical (unpaired) electrons. The third-order valence-electron chi connectivity index (χ3n) is 0.946. The SMILES string of the molecule is C[C@@H]1CNC(=S)N1. The van der Waals surface area contributed by atoms with E-state index in [1.54, 1.807) is 0 Å². The van der Waals surface area contributed by atoms with Crippen LogP contribution in [0.3, 0.4) is 0 Å². The highest BCUT2D eigenvalue weighted by molar-refractivity contribution is 7.80. The minimum absolute atomic E-state index is 0.521. The molecule has 1 aliphatic rings. The molecule has 0 aromatic heterocycles. The van der Waals surface area contributed by atoms with Crippen LogP contribution < -0.4 is 10.6 Å². The third kappa shape index (κ3) is 1.03. The van der Waals surface area contributed by atoms with E-state index in [1.807, 2.05) is 0 Å². The van der Waals surface area contributed by atoms with Crippen molar-refractivity contribution in [1.82, 2.24) is 10.6 Å². The van der Waals surface area contributed by atoms with Crippen molar-refractivity contribution in [2.45, 2.75) is 13.0 Å². The summed E-state index contributed by atoms with van der Waals surface area (Å²) in [6, 6.07) is 0.521. The largest absolute Gasteiger partial charge is 0.361 e. The molecule has 0 amide bonds. The van der Waals surface area contributed by atoms with Gasteiger partial charge < -0.3 is 10.6 Å². The van der Waals surface area contributed by atoms with Crippen molar-refractivity contribution in [2.75, 3.05) is 6.54 Å². The molecule has 1 heterocycles. The molecule has 1 saturated heterocycles. The Balaban J connectivity index is 2.40. The number of hydrogen-bond donors (Lipinski definition) is 2. The van der Waals surface area contributed by atoms with Crippen molar-refractivity contribution in [3.8, 4) is 0 Å². The molecule has 2 nitrogen and oxygen atoms in total. The highest BCUT2D eigenvalue weighted by Crippen LogP contribution is 1.85. The first-order valence-electron chi connectivity index (χ1n) is 2.33.